The Balaban J connectivity index is 1.78. The van der Waals surface area contributed by atoms with Crippen molar-refractivity contribution < 1.29 is 32.2 Å². The first-order chi connectivity index (χ1) is 15.5. The molecular formula is C22H19F3N4O4. The second-order valence-electron chi connectivity index (χ2n) is 7.00. The molecule has 1 aromatic heterocycles. The number of hydrogen-bond acceptors (Lipinski definition) is 6. The molecule has 4 N–H and O–H groups in total. The summed E-state index contributed by atoms with van der Waals surface area (Å²) in [4.78, 5) is 31.1. The maximum Gasteiger partial charge on any atom is 0.393 e. The minimum Gasteiger partial charge on any atom is -0.464 e. The highest BCUT2D eigenvalue weighted by atomic mass is 19.4. The van der Waals surface area contributed by atoms with Crippen LogP contribution < -0.4 is 20.9 Å². The summed E-state index contributed by atoms with van der Waals surface area (Å²) in [7, 11) is 0. The number of nitrogens with zero attached hydrogens (tertiary/aromatic N) is 2. The lowest BCUT2D eigenvalue weighted by Gasteiger charge is -2.12. The first kappa shape index (κ1) is 23.5. The van der Waals surface area contributed by atoms with Crippen LogP contribution in [0.25, 0.3) is 11.4 Å². The van der Waals surface area contributed by atoms with Crippen molar-refractivity contribution in [2.45, 2.75) is 25.6 Å². The molecule has 0 aliphatic rings. The number of amides is 2. The largest absolute Gasteiger partial charge is 0.464 e. The number of ether oxygens (including phenoxy) is 2. The van der Waals surface area contributed by atoms with Crippen molar-refractivity contribution >= 4 is 11.8 Å². The summed E-state index contributed by atoms with van der Waals surface area (Å²) in [5.74, 6) is -0.711. The molecule has 3 aromatic rings. The Kier molecular flexibility index (Phi) is 6.80. The lowest BCUT2D eigenvalue weighted by atomic mass is 10.1. The molecule has 0 fully saturated rings. The zero-order chi connectivity index (χ0) is 24.2. The minimum absolute atomic E-state index is 0.0561. The lowest BCUT2D eigenvalue weighted by molar-refractivity contribution is -0.127. The SMILES string of the molecule is CC(Oc1cc(C(N)=O)nc(-c2ccc(Oc3ccc(CC(F)(F)F)cc3)cc2)n1)C(N)=O. The van der Waals surface area contributed by atoms with Gasteiger partial charge in [-0.25, -0.2) is 4.98 Å². The lowest BCUT2D eigenvalue weighted by Crippen LogP contribution is -2.31. The van der Waals surface area contributed by atoms with Crippen molar-refractivity contribution in [2.24, 2.45) is 11.5 Å². The van der Waals surface area contributed by atoms with Crippen molar-refractivity contribution in [3.63, 3.8) is 0 Å². The van der Waals surface area contributed by atoms with Crippen LogP contribution in [0.3, 0.4) is 0 Å². The highest BCUT2D eigenvalue weighted by molar-refractivity contribution is 5.91. The Morgan fingerprint density at radius 1 is 0.970 bits per heavy atom. The number of carbonyl (C=O) groups excluding carboxylic acids is 2. The van der Waals surface area contributed by atoms with Crippen LogP contribution in [0.1, 0.15) is 23.0 Å². The molecular weight excluding hydrogens is 441 g/mol. The highest BCUT2D eigenvalue weighted by Crippen LogP contribution is 2.27. The van der Waals surface area contributed by atoms with Gasteiger partial charge in [0.2, 0.25) is 5.88 Å². The van der Waals surface area contributed by atoms with Crippen LogP contribution >= 0.6 is 0 Å². The van der Waals surface area contributed by atoms with E-state index < -0.39 is 30.5 Å². The number of rotatable bonds is 8. The van der Waals surface area contributed by atoms with Gasteiger partial charge in [0.15, 0.2) is 11.9 Å². The summed E-state index contributed by atoms with van der Waals surface area (Å²) in [5.41, 5.74) is 11.0. The van der Waals surface area contributed by atoms with Crippen LogP contribution in [0.4, 0.5) is 13.2 Å². The number of halogens is 3. The fourth-order valence-electron chi connectivity index (χ4n) is 2.69. The third kappa shape index (κ3) is 6.66. The molecule has 0 aliphatic carbocycles. The second-order valence-corrected chi connectivity index (χ2v) is 7.00. The summed E-state index contributed by atoms with van der Waals surface area (Å²) < 4.78 is 48.4. The maximum atomic E-state index is 12.5. The predicted octanol–water partition coefficient (Wildman–Crippen LogP) is 3.39. The molecule has 0 radical (unpaired) electrons. The third-order valence-electron chi connectivity index (χ3n) is 4.33. The Bertz CT molecular complexity index is 1150. The van der Waals surface area contributed by atoms with Gasteiger partial charge in [-0.15, -0.1) is 0 Å². The molecule has 2 amide bonds. The molecule has 1 heterocycles. The van der Waals surface area contributed by atoms with E-state index >= 15 is 0 Å². The van der Waals surface area contributed by atoms with Gasteiger partial charge in [0.25, 0.3) is 11.8 Å². The molecule has 2 aromatic carbocycles. The van der Waals surface area contributed by atoms with Crippen LogP contribution in [-0.2, 0) is 11.2 Å². The zero-order valence-electron chi connectivity index (χ0n) is 17.3. The van der Waals surface area contributed by atoms with Crippen molar-refractivity contribution in [3.8, 4) is 28.8 Å². The predicted molar refractivity (Wildman–Crippen MR) is 112 cm³/mol. The van der Waals surface area contributed by atoms with Gasteiger partial charge in [0.05, 0.1) is 6.42 Å². The molecule has 1 atom stereocenters. The zero-order valence-corrected chi connectivity index (χ0v) is 17.3. The van der Waals surface area contributed by atoms with Crippen molar-refractivity contribution in [2.75, 3.05) is 0 Å². The fraction of sp³-hybridized carbons (Fsp3) is 0.182. The number of benzene rings is 2. The van der Waals surface area contributed by atoms with Crippen LogP contribution in [0.2, 0.25) is 0 Å². The molecule has 3 rings (SSSR count). The van der Waals surface area contributed by atoms with Crippen molar-refractivity contribution in [1.82, 2.24) is 9.97 Å². The summed E-state index contributed by atoms with van der Waals surface area (Å²) in [6.07, 6.45) is -6.29. The maximum absolute atomic E-state index is 12.5. The van der Waals surface area contributed by atoms with Gasteiger partial charge in [-0.2, -0.15) is 18.2 Å². The molecule has 11 heteroatoms. The van der Waals surface area contributed by atoms with Gasteiger partial charge in [0.1, 0.15) is 17.2 Å². The van der Waals surface area contributed by atoms with Gasteiger partial charge in [-0.1, -0.05) is 12.1 Å². The standard InChI is InChI=1S/C22H19F3N4O4/c1-12(19(26)30)32-18-10-17(20(27)31)28-21(29-18)14-4-8-16(9-5-14)33-15-6-2-13(3-7-15)11-22(23,24)25/h2-10,12H,11H2,1H3,(H2,26,30)(H2,27,31). The number of aromatic nitrogens is 2. The Morgan fingerprint density at radius 2 is 1.55 bits per heavy atom. The van der Waals surface area contributed by atoms with E-state index in [1.165, 1.54) is 37.3 Å². The van der Waals surface area contributed by atoms with E-state index in [-0.39, 0.29) is 23.0 Å². The van der Waals surface area contributed by atoms with Crippen LogP contribution in [-0.4, -0.2) is 34.1 Å². The number of alkyl halides is 3. The highest BCUT2D eigenvalue weighted by Gasteiger charge is 2.27. The van der Waals surface area contributed by atoms with Crippen LogP contribution in [0.15, 0.2) is 54.6 Å². The normalized spacial score (nSPS) is 12.1. The molecule has 0 saturated heterocycles. The summed E-state index contributed by atoms with van der Waals surface area (Å²) in [5, 5.41) is 0. The minimum atomic E-state index is -4.28. The molecule has 1 unspecified atom stereocenters. The molecule has 172 valence electrons. The average molecular weight is 460 g/mol. The number of carbonyl (C=O) groups is 2. The number of primary amides is 2. The topological polar surface area (TPSA) is 130 Å². The van der Waals surface area contributed by atoms with E-state index in [4.69, 9.17) is 20.9 Å². The molecule has 0 bridgehead atoms. The van der Waals surface area contributed by atoms with Gasteiger partial charge >= 0.3 is 6.18 Å². The van der Waals surface area contributed by atoms with Crippen LogP contribution in [0, 0.1) is 0 Å². The molecule has 0 aliphatic heterocycles. The average Bonchev–Trinajstić information content (AvgIpc) is 2.74. The summed E-state index contributed by atoms with van der Waals surface area (Å²) >= 11 is 0. The Morgan fingerprint density at radius 3 is 2.06 bits per heavy atom. The van der Waals surface area contributed by atoms with E-state index in [1.54, 1.807) is 24.3 Å². The van der Waals surface area contributed by atoms with Crippen molar-refractivity contribution in [1.29, 1.82) is 0 Å². The molecule has 0 saturated carbocycles. The van der Waals surface area contributed by atoms with Gasteiger partial charge < -0.3 is 20.9 Å². The molecule has 0 spiro atoms. The monoisotopic (exact) mass is 460 g/mol. The smallest absolute Gasteiger partial charge is 0.393 e. The Labute approximate surface area is 186 Å². The molecule has 8 nitrogen and oxygen atoms in total. The summed E-state index contributed by atoms with van der Waals surface area (Å²) in [6, 6.07) is 13.2. The first-order valence-electron chi connectivity index (χ1n) is 9.59. The van der Waals surface area contributed by atoms with Gasteiger partial charge in [-0.3, -0.25) is 9.59 Å². The Hall–Kier alpha value is -4.15. The second kappa shape index (κ2) is 9.55. The van der Waals surface area contributed by atoms with E-state index in [2.05, 4.69) is 9.97 Å². The first-order valence-corrected chi connectivity index (χ1v) is 9.59. The van der Waals surface area contributed by atoms with Crippen molar-refractivity contribution in [3.05, 3.63) is 65.9 Å². The molecule has 33 heavy (non-hydrogen) atoms. The number of nitrogens with two attached hydrogens (primary N) is 2. The van der Waals surface area contributed by atoms with E-state index in [0.29, 0.717) is 17.1 Å². The summed E-state index contributed by atoms with van der Waals surface area (Å²) in [6.45, 7) is 1.43. The van der Waals surface area contributed by atoms with E-state index in [0.717, 1.165) is 0 Å². The quantitative estimate of drug-likeness (QED) is 0.530. The van der Waals surface area contributed by atoms with Crippen LogP contribution in [0.5, 0.6) is 17.4 Å². The van der Waals surface area contributed by atoms with Gasteiger partial charge in [0, 0.05) is 11.6 Å². The third-order valence-corrected chi connectivity index (χ3v) is 4.33. The van der Waals surface area contributed by atoms with Gasteiger partial charge in [-0.05, 0) is 48.9 Å². The number of hydrogen-bond donors (Lipinski definition) is 2. The van der Waals surface area contributed by atoms with E-state index in [9.17, 15) is 22.8 Å². The van der Waals surface area contributed by atoms with E-state index in [1.807, 2.05) is 0 Å². The fourth-order valence-corrected chi connectivity index (χ4v) is 2.69.